The third-order valence-electron chi connectivity index (χ3n) is 14.4. The van der Waals surface area contributed by atoms with Crippen LogP contribution in [0.15, 0.2) is 29.6 Å². The number of nitrogens with two attached hydrogens (primary N) is 1. The summed E-state index contributed by atoms with van der Waals surface area (Å²) in [4.78, 5) is 126. The van der Waals surface area contributed by atoms with E-state index in [1.807, 2.05) is 46.6 Å². The van der Waals surface area contributed by atoms with E-state index in [1.165, 1.54) is 33.1 Å². The zero-order chi connectivity index (χ0) is 57.2. The standard InChI is InChI=1S/C54H86N10O11S/c1-14-32(6)45(62-53(74)54(11)23-17-25-63(54)12)51(71)64(13)42(30(2)3)28-43(75-36(10)66)50-60-41(29-76-50)48(69)59-39(26-33(7)52(72)73)27-37-19-21-38(22-20-37)58-46(67)34(8)56-49(70)44(31(4)5)61-47(68)40(57-35(9)65)18-15-16-24-55/h19-22,29-34,39-40,42-45H,14-18,23-28,55H2,1-13H3,(H,56,70)(H,57,65)(H,58,67)(H,59,69)(H,61,68)(H,62,74)(H,72,73)/t32-,33-,34-,39+,40-,42+,43+,44-,45-,54+/m0/s1. The minimum absolute atomic E-state index is 0.0226. The summed E-state index contributed by atoms with van der Waals surface area (Å²) in [5.41, 5.74) is 5.99. The highest BCUT2D eigenvalue weighted by Crippen LogP contribution is 2.32. The van der Waals surface area contributed by atoms with E-state index in [0.29, 0.717) is 54.9 Å². The number of hydrogen-bond acceptors (Lipinski definition) is 14. The molecule has 0 radical (unpaired) electrons. The van der Waals surface area contributed by atoms with Gasteiger partial charge in [0.1, 0.15) is 34.9 Å². The van der Waals surface area contributed by atoms with Crippen molar-refractivity contribution in [1.82, 2.24) is 41.4 Å². The van der Waals surface area contributed by atoms with Crippen LogP contribution in [0.3, 0.4) is 0 Å². The van der Waals surface area contributed by atoms with Crippen molar-refractivity contribution in [3.63, 3.8) is 0 Å². The fourth-order valence-corrected chi connectivity index (χ4v) is 10.0. The molecule has 1 fully saturated rings. The third kappa shape index (κ3) is 18.9. The Bertz CT molecular complexity index is 2310. The maximum Gasteiger partial charge on any atom is 0.306 e. The molecule has 3 rings (SSSR count). The quantitative estimate of drug-likeness (QED) is 0.0400. The van der Waals surface area contributed by atoms with E-state index in [9.17, 15) is 48.3 Å². The Morgan fingerprint density at radius 3 is 2.05 bits per heavy atom. The van der Waals surface area contributed by atoms with Crippen molar-refractivity contribution in [1.29, 1.82) is 0 Å². The molecule has 21 nitrogen and oxygen atoms in total. The van der Waals surface area contributed by atoms with E-state index < -0.39 is 95.3 Å². The number of nitrogens with one attached hydrogen (secondary N) is 6. The molecule has 76 heavy (non-hydrogen) atoms. The number of hydrogen-bond donors (Lipinski definition) is 8. The highest BCUT2D eigenvalue weighted by molar-refractivity contribution is 7.09. The molecule has 10 atom stereocenters. The van der Waals surface area contributed by atoms with Crippen LogP contribution >= 0.6 is 11.3 Å². The van der Waals surface area contributed by atoms with Crippen molar-refractivity contribution in [2.75, 3.05) is 32.5 Å². The number of likely N-dealkylation sites (tertiary alicyclic amines) is 1. The van der Waals surface area contributed by atoms with E-state index in [2.05, 4.69) is 36.9 Å². The number of benzene rings is 1. The average molecular weight is 1080 g/mol. The van der Waals surface area contributed by atoms with Crippen LogP contribution in [0.4, 0.5) is 5.69 Å². The van der Waals surface area contributed by atoms with Gasteiger partial charge in [-0.25, -0.2) is 4.98 Å². The van der Waals surface area contributed by atoms with Crippen LogP contribution in [0, 0.1) is 23.7 Å². The van der Waals surface area contributed by atoms with Crippen molar-refractivity contribution in [2.24, 2.45) is 29.4 Å². The van der Waals surface area contributed by atoms with Gasteiger partial charge in [0.25, 0.3) is 5.91 Å². The second-order valence-corrected chi connectivity index (χ2v) is 22.2. The van der Waals surface area contributed by atoms with Gasteiger partial charge >= 0.3 is 11.9 Å². The van der Waals surface area contributed by atoms with E-state index >= 15 is 0 Å². The second-order valence-electron chi connectivity index (χ2n) is 21.3. The lowest BCUT2D eigenvalue weighted by Gasteiger charge is -2.38. The number of esters is 1. The van der Waals surface area contributed by atoms with Crippen LogP contribution in [0.1, 0.15) is 155 Å². The zero-order valence-corrected chi connectivity index (χ0v) is 47.7. The van der Waals surface area contributed by atoms with Crippen molar-refractivity contribution in [2.45, 2.75) is 182 Å². The molecule has 7 amide bonds. The van der Waals surface area contributed by atoms with Crippen LogP contribution in [0.5, 0.6) is 0 Å². The van der Waals surface area contributed by atoms with Crippen molar-refractivity contribution < 1.29 is 53.0 Å². The Morgan fingerprint density at radius 2 is 1.51 bits per heavy atom. The molecule has 9 N–H and O–H groups in total. The van der Waals surface area contributed by atoms with Crippen molar-refractivity contribution in [3.05, 3.63) is 45.9 Å². The number of anilines is 1. The van der Waals surface area contributed by atoms with Gasteiger partial charge in [0.2, 0.25) is 35.4 Å². The van der Waals surface area contributed by atoms with Gasteiger partial charge in [-0.3, -0.25) is 48.1 Å². The molecule has 1 aliphatic heterocycles. The van der Waals surface area contributed by atoms with Crippen LogP contribution in [-0.4, -0.2) is 142 Å². The predicted octanol–water partition coefficient (Wildman–Crippen LogP) is 4.31. The molecular formula is C54H86N10O11S. The Hall–Kier alpha value is -6.00. The summed E-state index contributed by atoms with van der Waals surface area (Å²) in [6, 6.07) is 1.88. The minimum atomic E-state index is -1.05. The van der Waals surface area contributed by atoms with Crippen LogP contribution in [0.25, 0.3) is 0 Å². The first-order valence-electron chi connectivity index (χ1n) is 26.6. The molecule has 1 aliphatic rings. The molecule has 0 aliphatic carbocycles. The van der Waals surface area contributed by atoms with Gasteiger partial charge < -0.3 is 52.4 Å². The molecule has 0 unspecified atom stereocenters. The number of ether oxygens (including phenoxy) is 1. The number of aromatic nitrogens is 1. The van der Waals surface area contributed by atoms with Crippen LogP contribution < -0.4 is 37.6 Å². The minimum Gasteiger partial charge on any atom is -0.481 e. The van der Waals surface area contributed by atoms with Gasteiger partial charge in [0, 0.05) is 50.5 Å². The van der Waals surface area contributed by atoms with Gasteiger partial charge in [-0.05, 0) is 114 Å². The summed E-state index contributed by atoms with van der Waals surface area (Å²) in [5.74, 6) is -6.22. The van der Waals surface area contributed by atoms with E-state index in [4.69, 9.17) is 10.5 Å². The normalized spacial score (nSPS) is 18.2. The maximum atomic E-state index is 14.4. The van der Waals surface area contributed by atoms with Gasteiger partial charge in [0.15, 0.2) is 6.10 Å². The number of thiazole rings is 1. The molecule has 1 aromatic heterocycles. The second kappa shape index (κ2) is 30.1. The lowest BCUT2D eigenvalue weighted by molar-refractivity contribution is -0.149. The number of carboxylic acid groups (broad SMARTS) is 1. The Balaban J connectivity index is 1.75. The number of unbranched alkanes of at least 4 members (excludes halogenated alkanes) is 1. The summed E-state index contributed by atoms with van der Waals surface area (Å²) in [7, 11) is 3.59. The topological polar surface area (TPSA) is 301 Å². The predicted molar refractivity (Wildman–Crippen MR) is 291 cm³/mol. The molecule has 2 heterocycles. The van der Waals surface area contributed by atoms with Crippen LogP contribution in [-0.2, 0) is 49.5 Å². The molecule has 22 heteroatoms. The maximum absolute atomic E-state index is 14.4. The average Bonchev–Trinajstić information content (AvgIpc) is 3.99. The lowest BCUT2D eigenvalue weighted by Crippen LogP contribution is -2.60. The highest BCUT2D eigenvalue weighted by atomic mass is 32.1. The Kier molecular flexibility index (Phi) is 25.4. The lowest BCUT2D eigenvalue weighted by atomic mass is 9.91. The Morgan fingerprint density at radius 1 is 0.855 bits per heavy atom. The van der Waals surface area contributed by atoms with E-state index in [0.717, 1.165) is 24.3 Å². The SMILES string of the molecule is CC[C@H](C)[C@H](NC(=O)[C@@]1(C)CCCN1C)C(=O)N(C)[C@H](C[C@@H](OC(C)=O)c1nc(C(=O)N[C@@H](Cc2ccc(NC(=O)[C@H](C)NC(=O)[C@@H](NC(=O)[C@H](CCCCN)NC(C)=O)C(C)C)cc2)C[C@H](C)C(=O)O)cs1)C(C)C. The molecular weight excluding hydrogens is 997 g/mol. The van der Waals surface area contributed by atoms with Crippen molar-refractivity contribution in [3.8, 4) is 0 Å². The first-order chi connectivity index (χ1) is 35.6. The summed E-state index contributed by atoms with van der Waals surface area (Å²) in [5, 5.41) is 28.5. The van der Waals surface area contributed by atoms with E-state index in [-0.39, 0.29) is 54.5 Å². The fraction of sp³-hybridized carbons (Fsp3) is 0.667. The fourth-order valence-electron chi connectivity index (χ4n) is 9.19. The monoisotopic (exact) mass is 1080 g/mol. The first kappa shape index (κ1) is 64.3. The molecule has 1 aromatic carbocycles. The molecule has 2 aromatic rings. The van der Waals surface area contributed by atoms with Gasteiger partial charge in [-0.2, -0.15) is 0 Å². The smallest absolute Gasteiger partial charge is 0.306 e. The highest BCUT2D eigenvalue weighted by Gasteiger charge is 2.44. The molecule has 0 spiro atoms. The summed E-state index contributed by atoms with van der Waals surface area (Å²) >= 11 is 1.11. The molecule has 0 bridgehead atoms. The summed E-state index contributed by atoms with van der Waals surface area (Å²) < 4.78 is 5.82. The summed E-state index contributed by atoms with van der Waals surface area (Å²) in [6.45, 7) is 20.0. The first-order valence-corrected chi connectivity index (χ1v) is 27.4. The number of aliphatic carboxylic acids is 1. The van der Waals surface area contributed by atoms with Gasteiger partial charge in [-0.15, -0.1) is 11.3 Å². The number of carbonyl (C=O) groups is 9. The zero-order valence-electron chi connectivity index (χ0n) is 46.9. The molecule has 0 saturated carbocycles. The largest absolute Gasteiger partial charge is 0.481 e. The number of amides is 7. The molecule has 424 valence electrons. The number of carboxylic acids is 1. The number of carbonyl (C=O) groups excluding carboxylic acids is 8. The van der Waals surface area contributed by atoms with Crippen molar-refractivity contribution >= 4 is 70.3 Å². The third-order valence-corrected chi connectivity index (χ3v) is 15.3. The van der Waals surface area contributed by atoms with Gasteiger partial charge in [-0.1, -0.05) is 67.0 Å². The number of rotatable bonds is 30. The Labute approximate surface area is 452 Å². The number of nitrogens with zero attached hydrogens (tertiary/aromatic N) is 3. The van der Waals surface area contributed by atoms with E-state index in [1.54, 1.807) is 50.1 Å². The van der Waals surface area contributed by atoms with Crippen LogP contribution in [0.2, 0.25) is 0 Å². The number of likely N-dealkylation sites (N-methyl/N-ethyl adjacent to an activating group) is 2. The summed E-state index contributed by atoms with van der Waals surface area (Å²) in [6.07, 6.45) is 3.27. The van der Waals surface area contributed by atoms with Gasteiger partial charge in [0.05, 0.1) is 11.5 Å². The molecule has 1 saturated heterocycles.